The molecule has 78 valence electrons. The van der Waals surface area contributed by atoms with Crippen molar-refractivity contribution < 1.29 is 9.21 Å². The first-order chi connectivity index (χ1) is 7.06. The van der Waals surface area contributed by atoms with Gasteiger partial charge in [0.2, 0.25) is 0 Å². The van der Waals surface area contributed by atoms with E-state index in [4.69, 9.17) is 4.42 Å². The highest BCUT2D eigenvalue weighted by Gasteiger charge is 2.10. The lowest BCUT2D eigenvalue weighted by Crippen LogP contribution is -1.96. The minimum absolute atomic E-state index is 0.114. The largest absolute Gasteiger partial charge is 0.441 e. The number of fused-ring (bicyclic) bond motifs is 1. The van der Waals surface area contributed by atoms with Gasteiger partial charge in [0.25, 0.3) is 0 Å². The van der Waals surface area contributed by atoms with Crippen LogP contribution in [0.1, 0.15) is 18.4 Å². The van der Waals surface area contributed by atoms with Gasteiger partial charge in [-0.05, 0) is 19.1 Å². The van der Waals surface area contributed by atoms with E-state index in [1.165, 1.54) is 0 Å². The highest BCUT2D eigenvalue weighted by Crippen LogP contribution is 2.25. The average Bonchev–Trinajstić information content (AvgIpc) is 2.44. The first-order valence-corrected chi connectivity index (χ1v) is 5.40. The van der Waals surface area contributed by atoms with Gasteiger partial charge in [0.05, 0.1) is 0 Å². The number of benzene rings is 1. The first kappa shape index (κ1) is 10.4. The number of hydrogen-bond donors (Lipinski definition) is 0. The minimum Gasteiger partial charge on any atom is -0.441 e. The number of carbonyl (C=O) groups is 1. The molecule has 3 nitrogen and oxygen atoms in total. The third kappa shape index (κ3) is 2.09. The van der Waals surface area contributed by atoms with E-state index in [0.717, 1.165) is 15.6 Å². The van der Waals surface area contributed by atoms with Crippen LogP contribution >= 0.6 is 15.9 Å². The number of hydrogen-bond acceptors (Lipinski definition) is 3. The Morgan fingerprint density at radius 2 is 2.27 bits per heavy atom. The molecule has 0 aliphatic carbocycles. The lowest BCUT2D eigenvalue weighted by molar-refractivity contribution is -0.116. The van der Waals surface area contributed by atoms with Gasteiger partial charge in [-0.15, -0.1) is 0 Å². The number of carbonyl (C=O) groups excluding carboxylic acids is 1. The summed E-state index contributed by atoms with van der Waals surface area (Å²) in [4.78, 5) is 15.3. The molecule has 1 aromatic heterocycles. The van der Waals surface area contributed by atoms with E-state index < -0.39 is 0 Å². The molecule has 4 heteroatoms. The van der Waals surface area contributed by atoms with Crippen LogP contribution in [-0.4, -0.2) is 10.8 Å². The van der Waals surface area contributed by atoms with E-state index in [-0.39, 0.29) is 5.78 Å². The molecule has 15 heavy (non-hydrogen) atoms. The highest BCUT2D eigenvalue weighted by molar-refractivity contribution is 9.10. The van der Waals surface area contributed by atoms with E-state index in [1.807, 2.05) is 12.1 Å². The van der Waals surface area contributed by atoms with Crippen LogP contribution in [0.15, 0.2) is 21.0 Å². The molecule has 0 radical (unpaired) electrons. The summed E-state index contributed by atoms with van der Waals surface area (Å²) in [6.07, 6.45) is 0.380. The summed E-state index contributed by atoms with van der Waals surface area (Å²) in [5.41, 5.74) is 2.39. The summed E-state index contributed by atoms with van der Waals surface area (Å²) >= 11 is 3.39. The standard InChI is InChI=1S/C11H10BrNO2/c1-6(14)3-8-4-9(12)5-10-11(8)15-7(2)13-10/h4-5H,3H2,1-2H3. The maximum Gasteiger partial charge on any atom is 0.192 e. The van der Waals surface area contributed by atoms with Gasteiger partial charge in [-0.3, -0.25) is 4.79 Å². The van der Waals surface area contributed by atoms with Crippen LogP contribution in [0.5, 0.6) is 0 Å². The topological polar surface area (TPSA) is 43.1 Å². The molecule has 0 fully saturated rings. The first-order valence-electron chi connectivity index (χ1n) is 4.61. The summed E-state index contributed by atoms with van der Waals surface area (Å²) < 4.78 is 6.39. The van der Waals surface area contributed by atoms with Crippen molar-refractivity contribution in [2.45, 2.75) is 20.3 Å². The zero-order valence-corrected chi connectivity index (χ0v) is 10.1. The van der Waals surface area contributed by atoms with Crippen molar-refractivity contribution in [3.05, 3.63) is 28.1 Å². The van der Waals surface area contributed by atoms with Crippen molar-refractivity contribution >= 4 is 32.8 Å². The Morgan fingerprint density at radius 1 is 1.53 bits per heavy atom. The van der Waals surface area contributed by atoms with Crippen molar-refractivity contribution in [1.29, 1.82) is 0 Å². The van der Waals surface area contributed by atoms with E-state index in [9.17, 15) is 4.79 Å². The van der Waals surface area contributed by atoms with Gasteiger partial charge in [-0.1, -0.05) is 15.9 Å². The SMILES string of the molecule is CC(=O)Cc1cc(Br)cc2nc(C)oc12. The summed E-state index contributed by atoms with van der Waals surface area (Å²) in [5.74, 6) is 0.733. The van der Waals surface area contributed by atoms with Gasteiger partial charge in [0.1, 0.15) is 11.3 Å². The third-order valence-electron chi connectivity index (χ3n) is 2.08. The molecule has 0 aliphatic heterocycles. The van der Waals surface area contributed by atoms with Crippen LogP contribution in [0, 0.1) is 6.92 Å². The number of aromatic nitrogens is 1. The lowest BCUT2D eigenvalue weighted by Gasteiger charge is -1.99. The molecule has 0 amide bonds. The van der Waals surface area contributed by atoms with E-state index >= 15 is 0 Å². The summed E-state index contributed by atoms with van der Waals surface area (Å²) in [5, 5.41) is 0. The predicted octanol–water partition coefficient (Wildman–Crippen LogP) is 3.03. The monoisotopic (exact) mass is 267 g/mol. The number of oxazole rings is 1. The molecule has 0 saturated heterocycles. The fraction of sp³-hybridized carbons (Fsp3) is 0.273. The van der Waals surface area contributed by atoms with Crippen LogP contribution in [0.4, 0.5) is 0 Å². The molecule has 0 saturated carbocycles. The normalized spacial score (nSPS) is 10.9. The summed E-state index contributed by atoms with van der Waals surface area (Å²) in [6, 6.07) is 3.78. The van der Waals surface area contributed by atoms with Crippen molar-refractivity contribution in [3.8, 4) is 0 Å². The maximum atomic E-state index is 11.1. The number of nitrogens with zero attached hydrogens (tertiary/aromatic N) is 1. The Hall–Kier alpha value is -1.16. The van der Waals surface area contributed by atoms with Crippen molar-refractivity contribution in [2.24, 2.45) is 0 Å². The Kier molecular flexibility index (Phi) is 2.61. The smallest absolute Gasteiger partial charge is 0.192 e. The average molecular weight is 268 g/mol. The lowest BCUT2D eigenvalue weighted by atomic mass is 10.1. The molecular weight excluding hydrogens is 258 g/mol. The molecule has 0 atom stereocenters. The summed E-state index contributed by atoms with van der Waals surface area (Å²) in [6.45, 7) is 3.36. The second-order valence-electron chi connectivity index (χ2n) is 3.52. The van der Waals surface area contributed by atoms with Crippen molar-refractivity contribution in [2.75, 3.05) is 0 Å². The molecule has 2 rings (SSSR count). The van der Waals surface area contributed by atoms with Crippen molar-refractivity contribution in [1.82, 2.24) is 4.98 Å². The van der Waals surface area contributed by atoms with Gasteiger partial charge in [-0.25, -0.2) is 4.98 Å². The van der Waals surface area contributed by atoms with Crippen LogP contribution < -0.4 is 0 Å². The number of halogens is 1. The van der Waals surface area contributed by atoms with Crippen molar-refractivity contribution in [3.63, 3.8) is 0 Å². The van der Waals surface area contributed by atoms with E-state index in [0.29, 0.717) is 17.9 Å². The number of rotatable bonds is 2. The number of aryl methyl sites for hydroxylation is 1. The van der Waals surface area contributed by atoms with Gasteiger partial charge >= 0.3 is 0 Å². The molecule has 1 heterocycles. The maximum absolute atomic E-state index is 11.1. The molecule has 1 aromatic carbocycles. The second kappa shape index (κ2) is 3.77. The molecule has 0 spiro atoms. The Morgan fingerprint density at radius 3 is 2.93 bits per heavy atom. The van der Waals surface area contributed by atoms with Gasteiger partial charge in [0.15, 0.2) is 11.5 Å². The van der Waals surface area contributed by atoms with Gasteiger partial charge in [0, 0.05) is 23.4 Å². The predicted molar refractivity (Wildman–Crippen MR) is 60.8 cm³/mol. The van der Waals surface area contributed by atoms with Crippen LogP contribution in [0.2, 0.25) is 0 Å². The Bertz CT molecular complexity index is 531. The van der Waals surface area contributed by atoms with Gasteiger partial charge < -0.3 is 4.42 Å². The fourth-order valence-corrected chi connectivity index (χ4v) is 2.07. The number of Topliss-reactive ketones (excluding diaryl/α,β-unsaturated/α-hetero) is 1. The highest BCUT2D eigenvalue weighted by atomic mass is 79.9. The van der Waals surface area contributed by atoms with Crippen LogP contribution in [0.25, 0.3) is 11.1 Å². The van der Waals surface area contributed by atoms with Crippen LogP contribution in [0.3, 0.4) is 0 Å². The zero-order chi connectivity index (χ0) is 11.0. The molecule has 2 aromatic rings. The Balaban J connectivity index is 2.64. The second-order valence-corrected chi connectivity index (χ2v) is 4.44. The molecule has 0 aliphatic rings. The van der Waals surface area contributed by atoms with Gasteiger partial charge in [-0.2, -0.15) is 0 Å². The zero-order valence-electron chi connectivity index (χ0n) is 8.50. The quantitative estimate of drug-likeness (QED) is 0.840. The van der Waals surface area contributed by atoms with Crippen LogP contribution in [-0.2, 0) is 11.2 Å². The molecule has 0 N–H and O–H groups in total. The minimum atomic E-state index is 0.114. The fourth-order valence-electron chi connectivity index (χ4n) is 1.57. The third-order valence-corrected chi connectivity index (χ3v) is 2.54. The van der Waals surface area contributed by atoms with E-state index in [2.05, 4.69) is 20.9 Å². The molecule has 0 bridgehead atoms. The van der Waals surface area contributed by atoms with E-state index in [1.54, 1.807) is 13.8 Å². The summed E-state index contributed by atoms with van der Waals surface area (Å²) in [7, 11) is 0. The number of ketones is 1. The molecule has 0 unspecified atom stereocenters. The Labute approximate surface area is 95.6 Å². The molecular formula is C11H10BrNO2.